The summed E-state index contributed by atoms with van der Waals surface area (Å²) in [5.41, 5.74) is -0.513. The Bertz CT molecular complexity index is 639. The third-order valence-electron chi connectivity index (χ3n) is 2.87. The summed E-state index contributed by atoms with van der Waals surface area (Å²) in [5.74, 6) is -2.01. The lowest BCUT2D eigenvalue weighted by Crippen LogP contribution is -2.40. The van der Waals surface area contributed by atoms with Crippen molar-refractivity contribution in [2.75, 3.05) is 26.3 Å². The number of sulfonamides is 1. The van der Waals surface area contributed by atoms with Gasteiger partial charge in [0.15, 0.2) is 0 Å². The van der Waals surface area contributed by atoms with Gasteiger partial charge in [0.05, 0.1) is 18.2 Å². The van der Waals surface area contributed by atoms with Crippen LogP contribution in [0.15, 0.2) is 17.0 Å². The van der Waals surface area contributed by atoms with Gasteiger partial charge in [-0.05, 0) is 6.07 Å². The summed E-state index contributed by atoms with van der Waals surface area (Å²) in [7, 11) is -3.92. The molecule has 0 spiro atoms. The highest BCUT2D eigenvalue weighted by atomic mass is 35.5. The van der Waals surface area contributed by atoms with E-state index in [2.05, 4.69) is 0 Å². The number of carboxylic acid groups (broad SMARTS) is 1. The Morgan fingerprint density at radius 1 is 1.30 bits per heavy atom. The Hall–Kier alpha value is -1.35. The summed E-state index contributed by atoms with van der Waals surface area (Å²) >= 11 is 5.82. The van der Waals surface area contributed by atoms with Gasteiger partial charge >= 0.3 is 5.97 Å². The monoisotopic (exact) mass is 321 g/mol. The molecule has 1 heterocycles. The molecule has 20 heavy (non-hydrogen) atoms. The minimum absolute atomic E-state index is 0.169. The van der Waals surface area contributed by atoms with Crippen LogP contribution in [0.2, 0.25) is 5.02 Å². The SMILES string of the molecule is O=C(O)c1cc(S(=O)(=O)N2CCOCC2)c(Cl)cc1O. The second-order valence-corrected chi connectivity index (χ2v) is 6.43. The van der Waals surface area contributed by atoms with Crippen molar-refractivity contribution < 1.29 is 28.2 Å². The zero-order valence-corrected chi connectivity index (χ0v) is 11.8. The quantitative estimate of drug-likeness (QED) is 0.852. The van der Waals surface area contributed by atoms with E-state index in [0.29, 0.717) is 0 Å². The van der Waals surface area contributed by atoms with E-state index in [1.165, 1.54) is 4.31 Å². The van der Waals surface area contributed by atoms with Crippen molar-refractivity contribution in [3.63, 3.8) is 0 Å². The number of nitrogens with zero attached hydrogens (tertiary/aromatic N) is 1. The fraction of sp³-hybridized carbons (Fsp3) is 0.364. The molecule has 7 nitrogen and oxygen atoms in total. The normalized spacial score (nSPS) is 17.1. The van der Waals surface area contributed by atoms with Crippen molar-refractivity contribution in [2.45, 2.75) is 4.90 Å². The molecule has 0 bridgehead atoms. The minimum Gasteiger partial charge on any atom is -0.507 e. The first-order valence-corrected chi connectivity index (χ1v) is 7.49. The number of rotatable bonds is 3. The second-order valence-electron chi connectivity index (χ2n) is 4.12. The first-order valence-electron chi connectivity index (χ1n) is 5.67. The van der Waals surface area contributed by atoms with Gasteiger partial charge in [-0.3, -0.25) is 0 Å². The molecular formula is C11H12ClNO6S. The molecule has 1 aliphatic rings. The Kier molecular flexibility index (Phi) is 4.19. The van der Waals surface area contributed by atoms with Gasteiger partial charge in [-0.25, -0.2) is 13.2 Å². The van der Waals surface area contributed by atoms with E-state index in [0.717, 1.165) is 12.1 Å². The minimum atomic E-state index is -3.92. The van der Waals surface area contributed by atoms with E-state index >= 15 is 0 Å². The fourth-order valence-electron chi connectivity index (χ4n) is 1.84. The van der Waals surface area contributed by atoms with Gasteiger partial charge in [-0.1, -0.05) is 11.6 Å². The molecule has 2 rings (SSSR count). The van der Waals surface area contributed by atoms with Gasteiger partial charge in [0.2, 0.25) is 10.0 Å². The predicted octanol–water partition coefficient (Wildman–Crippen LogP) is 0.765. The van der Waals surface area contributed by atoms with Gasteiger partial charge < -0.3 is 14.9 Å². The fourth-order valence-corrected chi connectivity index (χ4v) is 3.77. The lowest BCUT2D eigenvalue weighted by molar-refractivity contribution is 0.0692. The number of aromatic carboxylic acids is 1. The molecule has 0 radical (unpaired) electrons. The molecule has 0 atom stereocenters. The lowest BCUT2D eigenvalue weighted by Gasteiger charge is -2.26. The average molecular weight is 322 g/mol. The molecule has 9 heteroatoms. The van der Waals surface area contributed by atoms with Crippen molar-refractivity contribution in [1.82, 2.24) is 4.31 Å². The largest absolute Gasteiger partial charge is 0.507 e. The molecule has 0 unspecified atom stereocenters. The number of ether oxygens (including phenoxy) is 1. The molecule has 1 fully saturated rings. The molecule has 1 aromatic rings. The summed E-state index contributed by atoms with van der Waals surface area (Å²) in [6.45, 7) is 0.866. The van der Waals surface area contributed by atoms with Crippen molar-refractivity contribution in [3.05, 3.63) is 22.7 Å². The molecule has 1 saturated heterocycles. The van der Waals surface area contributed by atoms with Crippen molar-refractivity contribution in [3.8, 4) is 5.75 Å². The number of carboxylic acids is 1. The van der Waals surface area contributed by atoms with Crippen LogP contribution in [0.1, 0.15) is 10.4 Å². The van der Waals surface area contributed by atoms with Gasteiger partial charge in [0.1, 0.15) is 16.2 Å². The molecular weight excluding hydrogens is 310 g/mol. The number of hydrogen-bond acceptors (Lipinski definition) is 5. The molecule has 1 aromatic carbocycles. The molecule has 0 amide bonds. The smallest absolute Gasteiger partial charge is 0.339 e. The third-order valence-corrected chi connectivity index (χ3v) is 5.23. The van der Waals surface area contributed by atoms with Crippen LogP contribution < -0.4 is 0 Å². The summed E-state index contributed by atoms with van der Waals surface area (Å²) in [6, 6.07) is 1.78. The molecule has 0 aliphatic carbocycles. The van der Waals surface area contributed by atoms with Crippen LogP contribution in [0.25, 0.3) is 0 Å². The predicted molar refractivity (Wildman–Crippen MR) is 69.7 cm³/mol. The zero-order chi connectivity index (χ0) is 14.9. The van der Waals surface area contributed by atoms with Gasteiger partial charge in [0.25, 0.3) is 0 Å². The highest BCUT2D eigenvalue weighted by molar-refractivity contribution is 7.89. The summed E-state index contributed by atoms with van der Waals surface area (Å²) < 4.78 is 31.0. The van der Waals surface area contributed by atoms with Crippen LogP contribution in [-0.4, -0.2) is 55.2 Å². The maximum absolute atomic E-state index is 12.4. The van der Waals surface area contributed by atoms with Crippen molar-refractivity contribution >= 4 is 27.6 Å². The number of phenols is 1. The van der Waals surface area contributed by atoms with E-state index in [1.54, 1.807) is 0 Å². The molecule has 1 aliphatic heterocycles. The van der Waals surface area contributed by atoms with Crippen LogP contribution in [0.4, 0.5) is 0 Å². The Labute approximate surface area is 120 Å². The molecule has 0 saturated carbocycles. The van der Waals surface area contributed by atoms with Crippen LogP contribution in [-0.2, 0) is 14.8 Å². The molecule has 2 N–H and O–H groups in total. The Morgan fingerprint density at radius 2 is 1.90 bits per heavy atom. The molecule has 110 valence electrons. The number of carbonyl (C=O) groups is 1. The van der Waals surface area contributed by atoms with Gasteiger partial charge in [-0.2, -0.15) is 4.31 Å². The van der Waals surface area contributed by atoms with Crippen LogP contribution in [0, 0.1) is 0 Å². The number of benzene rings is 1. The first kappa shape index (κ1) is 15.0. The van der Waals surface area contributed by atoms with Crippen molar-refractivity contribution in [1.29, 1.82) is 0 Å². The third kappa shape index (κ3) is 2.73. The second kappa shape index (κ2) is 5.57. The summed E-state index contributed by atoms with van der Waals surface area (Å²) in [5, 5.41) is 18.2. The van der Waals surface area contributed by atoms with Crippen molar-refractivity contribution in [2.24, 2.45) is 0 Å². The van der Waals surface area contributed by atoms with Gasteiger partial charge in [-0.15, -0.1) is 0 Å². The topological polar surface area (TPSA) is 104 Å². The van der Waals surface area contributed by atoms with Gasteiger partial charge in [0, 0.05) is 19.2 Å². The zero-order valence-electron chi connectivity index (χ0n) is 10.2. The van der Waals surface area contributed by atoms with Crippen LogP contribution in [0.3, 0.4) is 0 Å². The van der Waals surface area contributed by atoms with E-state index < -0.39 is 27.3 Å². The maximum Gasteiger partial charge on any atom is 0.339 e. The molecule has 0 aromatic heterocycles. The maximum atomic E-state index is 12.4. The number of morpholine rings is 1. The highest BCUT2D eigenvalue weighted by Crippen LogP contribution is 2.31. The number of aromatic hydroxyl groups is 1. The Morgan fingerprint density at radius 3 is 2.45 bits per heavy atom. The Balaban J connectivity index is 2.50. The van der Waals surface area contributed by atoms with E-state index in [-0.39, 0.29) is 36.2 Å². The van der Waals surface area contributed by atoms with Crippen LogP contribution >= 0.6 is 11.6 Å². The highest BCUT2D eigenvalue weighted by Gasteiger charge is 2.30. The van der Waals surface area contributed by atoms with E-state index in [4.69, 9.17) is 21.4 Å². The standard InChI is InChI=1S/C11H12ClNO6S/c12-8-6-9(14)7(11(15)16)5-10(8)20(17,18)13-1-3-19-4-2-13/h5-6,14H,1-4H2,(H,15,16). The lowest BCUT2D eigenvalue weighted by atomic mass is 10.2. The average Bonchev–Trinajstić information content (AvgIpc) is 2.39. The summed E-state index contributed by atoms with van der Waals surface area (Å²) in [4.78, 5) is 10.6. The van der Waals surface area contributed by atoms with Crippen LogP contribution in [0.5, 0.6) is 5.75 Å². The van der Waals surface area contributed by atoms with E-state index in [9.17, 15) is 18.3 Å². The number of halogens is 1. The first-order chi connectivity index (χ1) is 9.34. The summed E-state index contributed by atoms with van der Waals surface area (Å²) in [6.07, 6.45) is 0. The number of hydrogen-bond donors (Lipinski definition) is 2. The van der Waals surface area contributed by atoms with E-state index in [1.807, 2.05) is 0 Å².